The summed E-state index contributed by atoms with van der Waals surface area (Å²) in [7, 11) is 0. The van der Waals surface area contributed by atoms with Gasteiger partial charge in [0, 0.05) is 18.2 Å². The van der Waals surface area contributed by atoms with Crippen LogP contribution in [0.5, 0.6) is 0 Å². The summed E-state index contributed by atoms with van der Waals surface area (Å²) in [5.41, 5.74) is -0.479. The van der Waals surface area contributed by atoms with Crippen LogP contribution in [0.2, 0.25) is 10.0 Å². The molecule has 1 rings (SSSR count). The number of carbonyl (C=O) groups excluding carboxylic acids is 1. The first-order valence-electron chi connectivity index (χ1n) is 5.88. The summed E-state index contributed by atoms with van der Waals surface area (Å²) < 4.78 is 0. The minimum atomic E-state index is -0.963. The molecule has 0 spiro atoms. The first-order valence-corrected chi connectivity index (χ1v) is 6.64. The standard InChI is InChI=1S/C12H12Cl2N2O5/c1-6(12(18)19)2-3-15-11(17)7-4-8(13)10(14)9(5-7)16(20)21/h4-6H,2-3H2,1H3,(H,15,17)(H,18,19). The maximum absolute atomic E-state index is 11.9. The van der Waals surface area contributed by atoms with E-state index in [1.54, 1.807) is 0 Å². The van der Waals surface area contributed by atoms with Gasteiger partial charge >= 0.3 is 5.97 Å². The molecule has 0 aliphatic rings. The maximum atomic E-state index is 11.9. The third-order valence-corrected chi connectivity index (χ3v) is 3.54. The van der Waals surface area contributed by atoms with E-state index in [2.05, 4.69) is 5.32 Å². The van der Waals surface area contributed by atoms with Gasteiger partial charge in [0.15, 0.2) is 0 Å². The highest BCUT2D eigenvalue weighted by Crippen LogP contribution is 2.32. The van der Waals surface area contributed by atoms with Crippen LogP contribution in [-0.2, 0) is 4.79 Å². The molecule has 1 aromatic carbocycles. The molecule has 21 heavy (non-hydrogen) atoms. The van der Waals surface area contributed by atoms with Crippen molar-refractivity contribution in [2.75, 3.05) is 6.54 Å². The van der Waals surface area contributed by atoms with E-state index in [-0.39, 0.29) is 28.6 Å². The lowest BCUT2D eigenvalue weighted by molar-refractivity contribution is -0.384. The van der Waals surface area contributed by atoms with Gasteiger partial charge in [-0.05, 0) is 12.5 Å². The van der Waals surface area contributed by atoms with Gasteiger partial charge in [0.1, 0.15) is 5.02 Å². The second-order valence-corrected chi connectivity index (χ2v) is 5.12. The van der Waals surface area contributed by atoms with E-state index in [4.69, 9.17) is 28.3 Å². The molecule has 0 aliphatic carbocycles. The maximum Gasteiger partial charge on any atom is 0.306 e. The molecule has 1 unspecified atom stereocenters. The lowest BCUT2D eigenvalue weighted by Crippen LogP contribution is -2.27. The van der Waals surface area contributed by atoms with Crippen molar-refractivity contribution in [2.24, 2.45) is 5.92 Å². The van der Waals surface area contributed by atoms with Gasteiger partial charge in [-0.1, -0.05) is 30.1 Å². The molecule has 0 saturated carbocycles. The molecule has 114 valence electrons. The lowest BCUT2D eigenvalue weighted by atomic mass is 10.1. The van der Waals surface area contributed by atoms with Crippen molar-refractivity contribution in [1.82, 2.24) is 5.32 Å². The normalized spacial score (nSPS) is 11.8. The average Bonchev–Trinajstić information content (AvgIpc) is 2.40. The highest BCUT2D eigenvalue weighted by atomic mass is 35.5. The lowest BCUT2D eigenvalue weighted by Gasteiger charge is -2.08. The van der Waals surface area contributed by atoms with Crippen LogP contribution >= 0.6 is 23.2 Å². The number of nitrogens with one attached hydrogen (secondary N) is 1. The average molecular weight is 335 g/mol. The van der Waals surface area contributed by atoms with E-state index in [1.165, 1.54) is 13.0 Å². The Balaban J connectivity index is 2.79. The smallest absolute Gasteiger partial charge is 0.306 e. The number of rotatable bonds is 6. The van der Waals surface area contributed by atoms with Gasteiger partial charge in [-0.3, -0.25) is 19.7 Å². The number of carboxylic acids is 1. The van der Waals surface area contributed by atoms with Crippen molar-refractivity contribution in [2.45, 2.75) is 13.3 Å². The van der Waals surface area contributed by atoms with Gasteiger partial charge in [0.25, 0.3) is 11.6 Å². The molecule has 0 aliphatic heterocycles. The van der Waals surface area contributed by atoms with Crippen molar-refractivity contribution in [3.8, 4) is 0 Å². The summed E-state index contributed by atoms with van der Waals surface area (Å²) in [5, 5.41) is 21.6. The summed E-state index contributed by atoms with van der Waals surface area (Å²) >= 11 is 11.4. The zero-order valence-corrected chi connectivity index (χ0v) is 12.4. The van der Waals surface area contributed by atoms with Crippen LogP contribution in [0.3, 0.4) is 0 Å². The number of halogens is 2. The van der Waals surface area contributed by atoms with Gasteiger partial charge in [0.05, 0.1) is 15.9 Å². The van der Waals surface area contributed by atoms with Gasteiger partial charge in [-0.2, -0.15) is 0 Å². The van der Waals surface area contributed by atoms with Crippen LogP contribution in [-0.4, -0.2) is 28.5 Å². The van der Waals surface area contributed by atoms with Crippen LogP contribution in [0.1, 0.15) is 23.7 Å². The second-order valence-electron chi connectivity index (χ2n) is 4.33. The van der Waals surface area contributed by atoms with E-state index < -0.39 is 28.4 Å². The molecular weight excluding hydrogens is 323 g/mol. The predicted molar refractivity (Wildman–Crippen MR) is 76.9 cm³/mol. The summed E-state index contributed by atoms with van der Waals surface area (Å²) in [6.45, 7) is 1.64. The molecule has 9 heteroatoms. The number of amides is 1. The second kappa shape index (κ2) is 7.24. The minimum absolute atomic E-state index is 0.0147. The Morgan fingerprint density at radius 3 is 2.57 bits per heavy atom. The summed E-state index contributed by atoms with van der Waals surface area (Å²) in [4.78, 5) is 32.5. The molecule has 0 bridgehead atoms. The molecule has 7 nitrogen and oxygen atoms in total. The Morgan fingerprint density at radius 2 is 2.05 bits per heavy atom. The minimum Gasteiger partial charge on any atom is -0.481 e. The molecule has 0 aromatic heterocycles. The molecule has 0 saturated heterocycles. The van der Waals surface area contributed by atoms with E-state index in [1.807, 2.05) is 0 Å². The third kappa shape index (κ3) is 4.57. The predicted octanol–water partition coefficient (Wildman–Crippen LogP) is 2.74. The topological polar surface area (TPSA) is 110 Å². The van der Waals surface area contributed by atoms with Crippen LogP contribution in [0.15, 0.2) is 12.1 Å². The molecule has 1 atom stereocenters. The molecule has 2 N–H and O–H groups in total. The first-order chi connectivity index (χ1) is 9.73. The Labute approximate surface area is 130 Å². The van der Waals surface area contributed by atoms with E-state index >= 15 is 0 Å². The Bertz CT molecular complexity index is 591. The fourth-order valence-electron chi connectivity index (χ4n) is 1.47. The first kappa shape index (κ1) is 17.2. The van der Waals surface area contributed by atoms with Crippen molar-refractivity contribution >= 4 is 40.8 Å². The SMILES string of the molecule is CC(CCNC(=O)c1cc(Cl)c(Cl)c([N+](=O)[O-])c1)C(=O)O. The number of hydrogen-bond donors (Lipinski definition) is 2. The van der Waals surface area contributed by atoms with Crippen molar-refractivity contribution in [3.63, 3.8) is 0 Å². The number of carbonyl (C=O) groups is 2. The van der Waals surface area contributed by atoms with E-state index in [0.29, 0.717) is 0 Å². The number of nitro groups is 1. The van der Waals surface area contributed by atoms with Gasteiger partial charge < -0.3 is 10.4 Å². The monoisotopic (exact) mass is 334 g/mol. The molecule has 1 amide bonds. The zero-order chi connectivity index (χ0) is 16.2. The number of hydrogen-bond acceptors (Lipinski definition) is 4. The molecule has 0 radical (unpaired) electrons. The third-order valence-electron chi connectivity index (χ3n) is 2.75. The van der Waals surface area contributed by atoms with Gasteiger partial charge in [-0.15, -0.1) is 0 Å². The van der Waals surface area contributed by atoms with Gasteiger partial charge in [-0.25, -0.2) is 0 Å². The summed E-state index contributed by atoms with van der Waals surface area (Å²) in [6, 6.07) is 2.23. The number of benzene rings is 1. The quantitative estimate of drug-likeness (QED) is 0.613. The molecule has 1 aromatic rings. The Kier molecular flexibility index (Phi) is 5.92. The Morgan fingerprint density at radius 1 is 1.43 bits per heavy atom. The number of nitro benzene ring substituents is 1. The van der Waals surface area contributed by atoms with Crippen molar-refractivity contribution in [1.29, 1.82) is 0 Å². The fraction of sp³-hybridized carbons (Fsp3) is 0.333. The fourth-order valence-corrected chi connectivity index (χ4v) is 1.86. The largest absolute Gasteiger partial charge is 0.481 e. The van der Waals surface area contributed by atoms with Crippen molar-refractivity contribution in [3.05, 3.63) is 37.9 Å². The highest BCUT2D eigenvalue weighted by Gasteiger charge is 2.20. The number of carboxylic acid groups (broad SMARTS) is 1. The van der Waals surface area contributed by atoms with Crippen LogP contribution in [0.4, 0.5) is 5.69 Å². The molecule has 0 fully saturated rings. The number of aliphatic carboxylic acids is 1. The van der Waals surface area contributed by atoms with Crippen LogP contribution in [0.25, 0.3) is 0 Å². The van der Waals surface area contributed by atoms with E-state index in [0.717, 1.165) is 6.07 Å². The van der Waals surface area contributed by atoms with E-state index in [9.17, 15) is 19.7 Å². The number of nitrogens with zero attached hydrogens (tertiary/aromatic N) is 1. The van der Waals surface area contributed by atoms with Crippen LogP contribution < -0.4 is 5.32 Å². The van der Waals surface area contributed by atoms with Gasteiger partial charge in [0.2, 0.25) is 0 Å². The Hall–Kier alpha value is -1.86. The molecule has 0 heterocycles. The van der Waals surface area contributed by atoms with Crippen molar-refractivity contribution < 1.29 is 19.6 Å². The van der Waals surface area contributed by atoms with Crippen LogP contribution in [0, 0.1) is 16.0 Å². The zero-order valence-electron chi connectivity index (χ0n) is 10.9. The summed E-state index contributed by atoms with van der Waals surface area (Å²) in [6.07, 6.45) is 0.241. The molecular formula is C12H12Cl2N2O5. The summed E-state index contributed by atoms with van der Waals surface area (Å²) in [5.74, 6) is -2.16. The highest BCUT2D eigenvalue weighted by molar-refractivity contribution is 6.43.